The Balaban J connectivity index is 1.56. The number of para-hydroxylation sites is 1. The highest BCUT2D eigenvalue weighted by Gasteiger charge is 2.39. The molecule has 1 spiro atoms. The van der Waals surface area contributed by atoms with Crippen molar-refractivity contribution < 1.29 is 4.74 Å². The standard InChI is InChI=1S/C19H24N4O/c1-2-5-17(6-3-1)22-11-12-24-15-19(13-22)8-4-10-23(14-19)18-7-9-20-16-21-18/h1-3,5-7,9,16H,4,8,10-15H2/t19-/m1/s1. The third-order valence-corrected chi connectivity index (χ3v) is 5.11. The fraction of sp³-hybridized carbons (Fsp3) is 0.474. The van der Waals surface area contributed by atoms with Crippen molar-refractivity contribution in [3.8, 4) is 0 Å². The first-order valence-electron chi connectivity index (χ1n) is 8.73. The average Bonchev–Trinajstić information content (AvgIpc) is 2.86. The monoisotopic (exact) mass is 324 g/mol. The topological polar surface area (TPSA) is 41.5 Å². The fourth-order valence-corrected chi connectivity index (χ4v) is 3.97. The molecule has 0 unspecified atom stereocenters. The Morgan fingerprint density at radius 3 is 2.71 bits per heavy atom. The van der Waals surface area contributed by atoms with Gasteiger partial charge in [-0.15, -0.1) is 0 Å². The maximum absolute atomic E-state index is 6.02. The third kappa shape index (κ3) is 3.22. The summed E-state index contributed by atoms with van der Waals surface area (Å²) in [5, 5.41) is 0. The highest BCUT2D eigenvalue weighted by Crippen LogP contribution is 2.35. The molecule has 0 saturated carbocycles. The minimum absolute atomic E-state index is 0.162. The molecule has 0 bridgehead atoms. The number of nitrogens with zero attached hydrogens (tertiary/aromatic N) is 4. The van der Waals surface area contributed by atoms with E-state index < -0.39 is 0 Å². The number of hydrogen-bond donors (Lipinski definition) is 0. The fourth-order valence-electron chi connectivity index (χ4n) is 3.97. The van der Waals surface area contributed by atoms with Crippen LogP contribution >= 0.6 is 0 Å². The number of hydrogen-bond acceptors (Lipinski definition) is 5. The molecule has 1 aromatic heterocycles. The average molecular weight is 324 g/mol. The molecule has 0 radical (unpaired) electrons. The van der Waals surface area contributed by atoms with Crippen molar-refractivity contribution in [2.75, 3.05) is 49.2 Å². The van der Waals surface area contributed by atoms with Gasteiger partial charge in [0, 0.05) is 43.5 Å². The van der Waals surface area contributed by atoms with Gasteiger partial charge in [-0.1, -0.05) is 18.2 Å². The quantitative estimate of drug-likeness (QED) is 0.849. The summed E-state index contributed by atoms with van der Waals surface area (Å²) in [6.45, 7) is 5.68. The molecule has 2 aliphatic rings. The largest absolute Gasteiger partial charge is 0.379 e. The molecule has 0 amide bonds. The predicted molar refractivity (Wildman–Crippen MR) is 95.4 cm³/mol. The van der Waals surface area contributed by atoms with E-state index in [2.05, 4.69) is 50.1 Å². The van der Waals surface area contributed by atoms with Crippen LogP contribution in [0.25, 0.3) is 0 Å². The van der Waals surface area contributed by atoms with Crippen molar-refractivity contribution in [3.63, 3.8) is 0 Å². The summed E-state index contributed by atoms with van der Waals surface area (Å²) in [6.07, 6.45) is 5.84. The molecule has 0 N–H and O–H groups in total. The second-order valence-electron chi connectivity index (χ2n) is 6.90. The number of ether oxygens (including phenoxy) is 1. The molecule has 2 aromatic rings. The molecule has 2 saturated heterocycles. The molecular weight excluding hydrogens is 300 g/mol. The number of benzene rings is 1. The van der Waals surface area contributed by atoms with Crippen LogP contribution in [0.1, 0.15) is 12.8 Å². The van der Waals surface area contributed by atoms with Gasteiger partial charge in [-0.05, 0) is 31.0 Å². The Hall–Kier alpha value is -2.14. The lowest BCUT2D eigenvalue weighted by Gasteiger charge is -2.44. The summed E-state index contributed by atoms with van der Waals surface area (Å²) in [5.41, 5.74) is 1.46. The number of anilines is 2. The van der Waals surface area contributed by atoms with E-state index in [0.29, 0.717) is 0 Å². The highest BCUT2D eigenvalue weighted by atomic mass is 16.5. The molecule has 3 heterocycles. The Kier molecular flexibility index (Phi) is 4.34. The summed E-state index contributed by atoms with van der Waals surface area (Å²) in [6, 6.07) is 12.7. The van der Waals surface area contributed by atoms with Gasteiger partial charge in [0.25, 0.3) is 0 Å². The van der Waals surface area contributed by atoms with Gasteiger partial charge in [0.05, 0.1) is 13.2 Å². The molecule has 5 heteroatoms. The SMILES string of the molecule is c1ccc(N2CCOC[C@]3(CCCN(c4ccncn4)C3)C2)cc1. The van der Waals surface area contributed by atoms with Crippen molar-refractivity contribution in [1.82, 2.24) is 9.97 Å². The molecule has 2 fully saturated rings. The van der Waals surface area contributed by atoms with Gasteiger partial charge in [-0.3, -0.25) is 0 Å². The van der Waals surface area contributed by atoms with Gasteiger partial charge in [-0.2, -0.15) is 0 Å². The zero-order chi connectivity index (χ0) is 16.2. The van der Waals surface area contributed by atoms with E-state index in [0.717, 1.165) is 45.2 Å². The van der Waals surface area contributed by atoms with Gasteiger partial charge in [-0.25, -0.2) is 9.97 Å². The van der Waals surface area contributed by atoms with Gasteiger partial charge >= 0.3 is 0 Å². The molecule has 4 rings (SSSR count). The van der Waals surface area contributed by atoms with Crippen LogP contribution in [0.2, 0.25) is 0 Å². The van der Waals surface area contributed by atoms with Crippen LogP contribution in [0, 0.1) is 5.41 Å². The second-order valence-corrected chi connectivity index (χ2v) is 6.90. The van der Waals surface area contributed by atoms with Gasteiger partial charge < -0.3 is 14.5 Å². The number of aromatic nitrogens is 2. The van der Waals surface area contributed by atoms with E-state index in [4.69, 9.17) is 4.74 Å². The lowest BCUT2D eigenvalue weighted by Crippen LogP contribution is -2.51. The molecule has 1 atom stereocenters. The van der Waals surface area contributed by atoms with Crippen LogP contribution in [-0.4, -0.2) is 49.4 Å². The van der Waals surface area contributed by atoms with Crippen molar-refractivity contribution in [2.24, 2.45) is 5.41 Å². The summed E-state index contributed by atoms with van der Waals surface area (Å²) in [7, 11) is 0. The summed E-state index contributed by atoms with van der Waals surface area (Å²) in [4.78, 5) is 13.4. The number of piperidine rings is 1. The van der Waals surface area contributed by atoms with Crippen LogP contribution < -0.4 is 9.80 Å². The van der Waals surface area contributed by atoms with E-state index in [1.54, 1.807) is 6.33 Å². The predicted octanol–water partition coefficient (Wildman–Crippen LogP) is 2.60. The minimum Gasteiger partial charge on any atom is -0.379 e. The molecule has 2 aliphatic heterocycles. The van der Waals surface area contributed by atoms with E-state index in [-0.39, 0.29) is 5.41 Å². The highest BCUT2D eigenvalue weighted by molar-refractivity contribution is 5.47. The summed E-state index contributed by atoms with van der Waals surface area (Å²) in [5.74, 6) is 1.03. The zero-order valence-electron chi connectivity index (χ0n) is 14.0. The van der Waals surface area contributed by atoms with E-state index in [1.165, 1.54) is 18.5 Å². The first-order valence-corrected chi connectivity index (χ1v) is 8.73. The Labute approximate surface area is 143 Å². The Morgan fingerprint density at radius 2 is 1.88 bits per heavy atom. The lowest BCUT2D eigenvalue weighted by atomic mass is 9.80. The molecule has 126 valence electrons. The van der Waals surface area contributed by atoms with E-state index in [1.807, 2.05) is 12.3 Å². The molecule has 24 heavy (non-hydrogen) atoms. The van der Waals surface area contributed by atoms with Crippen LogP contribution in [0.3, 0.4) is 0 Å². The molecular formula is C19H24N4O. The van der Waals surface area contributed by atoms with Crippen LogP contribution in [-0.2, 0) is 4.74 Å². The minimum atomic E-state index is 0.162. The molecule has 1 aromatic carbocycles. The maximum atomic E-state index is 6.02. The third-order valence-electron chi connectivity index (χ3n) is 5.11. The van der Waals surface area contributed by atoms with E-state index >= 15 is 0 Å². The summed E-state index contributed by atoms with van der Waals surface area (Å²) < 4.78 is 6.02. The Bertz CT molecular complexity index is 651. The normalized spacial score (nSPS) is 24.8. The zero-order valence-corrected chi connectivity index (χ0v) is 14.0. The van der Waals surface area contributed by atoms with Crippen LogP contribution in [0.4, 0.5) is 11.5 Å². The van der Waals surface area contributed by atoms with E-state index in [9.17, 15) is 0 Å². The van der Waals surface area contributed by atoms with Crippen molar-refractivity contribution in [3.05, 3.63) is 48.9 Å². The van der Waals surface area contributed by atoms with Crippen molar-refractivity contribution in [2.45, 2.75) is 12.8 Å². The second kappa shape index (κ2) is 6.77. The first-order chi connectivity index (χ1) is 11.8. The molecule has 5 nitrogen and oxygen atoms in total. The Morgan fingerprint density at radius 1 is 1.00 bits per heavy atom. The van der Waals surface area contributed by atoms with Crippen LogP contribution in [0.5, 0.6) is 0 Å². The first kappa shape index (κ1) is 15.4. The number of rotatable bonds is 2. The van der Waals surface area contributed by atoms with Crippen LogP contribution in [0.15, 0.2) is 48.9 Å². The van der Waals surface area contributed by atoms with Crippen molar-refractivity contribution in [1.29, 1.82) is 0 Å². The smallest absolute Gasteiger partial charge is 0.131 e. The maximum Gasteiger partial charge on any atom is 0.131 e. The van der Waals surface area contributed by atoms with Crippen molar-refractivity contribution >= 4 is 11.5 Å². The molecule has 0 aliphatic carbocycles. The van der Waals surface area contributed by atoms with Gasteiger partial charge in [0.2, 0.25) is 0 Å². The summed E-state index contributed by atoms with van der Waals surface area (Å²) >= 11 is 0. The lowest BCUT2D eigenvalue weighted by molar-refractivity contribution is 0.0597. The van der Waals surface area contributed by atoms with Gasteiger partial charge in [0.1, 0.15) is 12.1 Å². The van der Waals surface area contributed by atoms with Gasteiger partial charge in [0.15, 0.2) is 0 Å².